The largest absolute Gasteiger partial charge is 0.463 e. The van der Waals surface area contributed by atoms with Crippen LogP contribution in [-0.4, -0.2) is 44.8 Å². The molecule has 0 unspecified atom stereocenters. The Labute approximate surface area is 136 Å². The second-order valence-corrected chi connectivity index (χ2v) is 5.05. The number of carbonyl (C=O) groups excluding carboxylic acids is 3. The van der Waals surface area contributed by atoms with Crippen LogP contribution in [0.15, 0.2) is 30.3 Å². The SMILES string of the molecule is CCOC(=O)C(=[N+]=[N-])C(=O)N1Cc2cc3ccccc3nc2C1=O. The van der Waals surface area contributed by atoms with E-state index in [0.29, 0.717) is 11.1 Å². The third kappa shape index (κ3) is 2.45. The number of fused-ring (bicyclic) bond motifs is 2. The van der Waals surface area contributed by atoms with Gasteiger partial charge in [0.15, 0.2) is 0 Å². The summed E-state index contributed by atoms with van der Waals surface area (Å²) in [5.41, 5.74) is 9.41. The topological polar surface area (TPSA) is 113 Å². The quantitative estimate of drug-likeness (QED) is 0.274. The number of rotatable bonds is 3. The van der Waals surface area contributed by atoms with Crippen LogP contribution >= 0.6 is 0 Å². The Kier molecular flexibility index (Phi) is 3.89. The summed E-state index contributed by atoms with van der Waals surface area (Å²) in [6.45, 7) is 1.50. The van der Waals surface area contributed by atoms with Crippen LogP contribution in [0.5, 0.6) is 0 Å². The first kappa shape index (κ1) is 15.5. The van der Waals surface area contributed by atoms with Gasteiger partial charge in [0.05, 0.1) is 18.7 Å². The Morgan fingerprint density at radius 3 is 2.83 bits per heavy atom. The molecule has 0 N–H and O–H groups in total. The van der Waals surface area contributed by atoms with Gasteiger partial charge in [-0.05, 0) is 19.1 Å². The molecule has 1 aromatic carbocycles. The van der Waals surface area contributed by atoms with Crippen LogP contribution in [0, 0.1) is 0 Å². The zero-order chi connectivity index (χ0) is 17.3. The van der Waals surface area contributed by atoms with E-state index in [0.717, 1.165) is 10.3 Å². The van der Waals surface area contributed by atoms with Gasteiger partial charge in [0.25, 0.3) is 5.91 Å². The lowest BCUT2D eigenvalue weighted by atomic mass is 10.1. The average molecular weight is 324 g/mol. The van der Waals surface area contributed by atoms with E-state index in [-0.39, 0.29) is 18.8 Å². The predicted octanol–water partition coefficient (Wildman–Crippen LogP) is 0.951. The molecule has 2 amide bonds. The third-order valence-corrected chi connectivity index (χ3v) is 3.60. The van der Waals surface area contributed by atoms with Crippen LogP contribution < -0.4 is 0 Å². The number of pyridine rings is 1. The van der Waals surface area contributed by atoms with Crippen LogP contribution in [0.4, 0.5) is 0 Å². The summed E-state index contributed by atoms with van der Waals surface area (Å²) < 4.78 is 4.65. The molecule has 0 radical (unpaired) electrons. The lowest BCUT2D eigenvalue weighted by molar-refractivity contribution is -0.143. The zero-order valence-electron chi connectivity index (χ0n) is 12.7. The maximum Gasteiger partial charge on any atom is 0.463 e. The van der Waals surface area contributed by atoms with Crippen molar-refractivity contribution in [3.63, 3.8) is 0 Å². The van der Waals surface area contributed by atoms with E-state index in [1.807, 2.05) is 12.1 Å². The Hall–Kier alpha value is -3.38. The monoisotopic (exact) mass is 324 g/mol. The number of hydrogen-bond acceptors (Lipinski definition) is 5. The van der Waals surface area contributed by atoms with Crippen LogP contribution in [0.25, 0.3) is 16.4 Å². The number of esters is 1. The molecule has 0 atom stereocenters. The summed E-state index contributed by atoms with van der Waals surface area (Å²) in [7, 11) is 0. The van der Waals surface area contributed by atoms with Crippen LogP contribution in [0.1, 0.15) is 23.0 Å². The Bertz CT molecular complexity index is 931. The first-order valence-corrected chi connectivity index (χ1v) is 7.20. The minimum atomic E-state index is -1.09. The smallest absolute Gasteiger partial charge is 0.457 e. The molecule has 3 rings (SSSR count). The highest BCUT2D eigenvalue weighted by Crippen LogP contribution is 2.25. The van der Waals surface area contributed by atoms with Crippen molar-refractivity contribution in [2.45, 2.75) is 13.5 Å². The summed E-state index contributed by atoms with van der Waals surface area (Å²) in [6, 6.07) is 9.00. The number of carbonyl (C=O) groups is 3. The zero-order valence-corrected chi connectivity index (χ0v) is 12.7. The lowest BCUT2D eigenvalue weighted by Crippen LogP contribution is -2.41. The number of imide groups is 1. The molecule has 0 bridgehead atoms. The summed E-state index contributed by atoms with van der Waals surface area (Å²) in [5, 5.41) is 0.833. The van der Waals surface area contributed by atoms with E-state index in [4.69, 9.17) is 5.53 Å². The van der Waals surface area contributed by atoms with Gasteiger partial charge in [-0.15, -0.1) is 0 Å². The minimum absolute atomic E-state index is 0.00620. The fourth-order valence-electron chi connectivity index (χ4n) is 2.50. The molecule has 0 spiro atoms. The van der Waals surface area contributed by atoms with Gasteiger partial charge in [-0.25, -0.2) is 9.78 Å². The molecule has 1 aliphatic heterocycles. The van der Waals surface area contributed by atoms with Crippen LogP contribution in [-0.2, 0) is 20.9 Å². The van der Waals surface area contributed by atoms with Crippen molar-refractivity contribution >= 4 is 34.4 Å². The molecule has 0 fully saturated rings. The van der Waals surface area contributed by atoms with Crippen molar-refractivity contribution in [2.75, 3.05) is 6.61 Å². The Morgan fingerprint density at radius 1 is 1.38 bits per heavy atom. The van der Waals surface area contributed by atoms with Gasteiger partial charge in [0.2, 0.25) is 0 Å². The maximum absolute atomic E-state index is 12.4. The van der Waals surface area contributed by atoms with E-state index in [2.05, 4.69) is 14.5 Å². The summed E-state index contributed by atoms with van der Waals surface area (Å²) in [5.74, 6) is -2.76. The number of hydrogen-bond donors (Lipinski definition) is 0. The van der Waals surface area contributed by atoms with E-state index in [1.54, 1.807) is 25.1 Å². The van der Waals surface area contributed by atoms with Gasteiger partial charge >= 0.3 is 17.6 Å². The highest BCUT2D eigenvalue weighted by Gasteiger charge is 2.42. The van der Waals surface area contributed by atoms with Gasteiger partial charge in [-0.1, -0.05) is 18.2 Å². The second-order valence-electron chi connectivity index (χ2n) is 5.05. The standard InChI is InChI=1S/C16H12N4O4/c1-2-24-16(23)13(19-17)15(22)20-8-10-7-9-5-3-4-6-11(9)18-12(10)14(20)21/h3-7H,2,8H2,1H3. The highest BCUT2D eigenvalue weighted by molar-refractivity contribution is 6.62. The number of benzene rings is 1. The third-order valence-electron chi connectivity index (χ3n) is 3.60. The molecule has 2 aromatic rings. The molecule has 2 heterocycles. The lowest BCUT2D eigenvalue weighted by Gasteiger charge is -2.09. The molecular weight excluding hydrogens is 312 g/mol. The first-order valence-electron chi connectivity index (χ1n) is 7.20. The number of para-hydroxylation sites is 1. The fraction of sp³-hybridized carbons (Fsp3) is 0.188. The van der Waals surface area contributed by atoms with E-state index in [9.17, 15) is 14.4 Å². The molecule has 1 aliphatic rings. The van der Waals surface area contributed by atoms with Gasteiger partial charge < -0.3 is 10.3 Å². The van der Waals surface area contributed by atoms with Crippen LogP contribution in [0.3, 0.4) is 0 Å². The van der Waals surface area contributed by atoms with Crippen molar-refractivity contribution in [3.8, 4) is 0 Å². The van der Waals surface area contributed by atoms with Crippen molar-refractivity contribution in [1.82, 2.24) is 9.88 Å². The van der Waals surface area contributed by atoms with Gasteiger partial charge in [0.1, 0.15) is 5.69 Å². The normalized spacial score (nSPS) is 12.7. The van der Waals surface area contributed by atoms with E-state index >= 15 is 0 Å². The summed E-state index contributed by atoms with van der Waals surface area (Å²) in [4.78, 5) is 44.2. The Morgan fingerprint density at radius 2 is 2.12 bits per heavy atom. The fourth-order valence-corrected chi connectivity index (χ4v) is 2.50. The maximum atomic E-state index is 12.4. The van der Waals surface area contributed by atoms with Crippen LogP contribution in [0.2, 0.25) is 0 Å². The highest BCUT2D eigenvalue weighted by atomic mass is 16.5. The average Bonchev–Trinajstić information content (AvgIpc) is 2.90. The molecule has 8 heteroatoms. The Balaban J connectivity index is 1.95. The molecule has 0 saturated carbocycles. The molecular formula is C16H12N4O4. The van der Waals surface area contributed by atoms with Crippen molar-refractivity contribution in [3.05, 3.63) is 47.1 Å². The predicted molar refractivity (Wildman–Crippen MR) is 81.9 cm³/mol. The molecule has 0 aliphatic carbocycles. The molecule has 1 aromatic heterocycles. The number of aromatic nitrogens is 1. The molecule has 24 heavy (non-hydrogen) atoms. The van der Waals surface area contributed by atoms with Crippen molar-refractivity contribution in [1.29, 1.82) is 0 Å². The first-order chi connectivity index (χ1) is 11.6. The second kappa shape index (κ2) is 6.02. The van der Waals surface area contributed by atoms with E-state index in [1.165, 1.54) is 0 Å². The minimum Gasteiger partial charge on any atom is -0.457 e. The van der Waals surface area contributed by atoms with Crippen molar-refractivity contribution in [2.24, 2.45) is 0 Å². The van der Waals surface area contributed by atoms with Gasteiger partial charge in [-0.3, -0.25) is 14.5 Å². The number of nitrogens with zero attached hydrogens (tertiary/aromatic N) is 4. The van der Waals surface area contributed by atoms with Crippen molar-refractivity contribution < 1.29 is 23.9 Å². The van der Waals surface area contributed by atoms with E-state index < -0.39 is 23.5 Å². The van der Waals surface area contributed by atoms with Gasteiger partial charge in [-0.2, -0.15) is 4.79 Å². The summed E-state index contributed by atoms with van der Waals surface area (Å²) in [6.07, 6.45) is 0. The molecule has 0 saturated heterocycles. The van der Waals surface area contributed by atoms with Gasteiger partial charge in [0, 0.05) is 10.9 Å². The summed E-state index contributed by atoms with van der Waals surface area (Å²) >= 11 is 0. The number of ether oxygens (including phenoxy) is 1. The number of amides is 2. The molecule has 8 nitrogen and oxygen atoms in total. The molecule has 120 valence electrons.